The molecule has 4 heterocycles. The van der Waals surface area contributed by atoms with Crippen molar-refractivity contribution in [3.05, 3.63) is 77.4 Å². The van der Waals surface area contributed by atoms with Crippen molar-refractivity contribution in [2.24, 2.45) is 0 Å². The molecule has 2 aliphatic heterocycles. The van der Waals surface area contributed by atoms with Gasteiger partial charge in [0.05, 0.1) is 18.8 Å². The molecule has 8 heteroatoms. The summed E-state index contributed by atoms with van der Waals surface area (Å²) in [6, 6.07) is 11.7. The number of nitrogens with zero attached hydrogens (tertiary/aromatic N) is 6. The first-order valence-electron chi connectivity index (χ1n) is 10.7. The summed E-state index contributed by atoms with van der Waals surface area (Å²) in [4.78, 5) is 33.5. The normalized spacial score (nSPS) is 18.1. The largest absolute Gasteiger partial charge is 0.334 e. The Labute approximate surface area is 180 Å². The molecule has 3 aromatic rings. The van der Waals surface area contributed by atoms with Crippen LogP contribution >= 0.6 is 0 Å². The summed E-state index contributed by atoms with van der Waals surface area (Å²) in [5.41, 5.74) is 3.48. The van der Waals surface area contributed by atoms with Gasteiger partial charge in [0.1, 0.15) is 0 Å². The van der Waals surface area contributed by atoms with Gasteiger partial charge in [-0.2, -0.15) is 0 Å². The number of hydrogen-bond donors (Lipinski definition) is 0. The van der Waals surface area contributed by atoms with Crippen LogP contribution in [0.2, 0.25) is 0 Å². The van der Waals surface area contributed by atoms with Crippen LogP contribution in [0.4, 0.5) is 0 Å². The lowest BCUT2D eigenvalue weighted by atomic mass is 10.00. The van der Waals surface area contributed by atoms with Gasteiger partial charge in [-0.25, -0.2) is 4.68 Å². The standard InChI is InChI=1S/C23H24N6O2/c30-22(18-7-10-24-11-8-18)29-12-3-6-20(29)15-28-16-21(25-26-28)23(31)27-13-9-17-4-1-2-5-19(17)14-27/h1-2,4-5,7-8,10-11,16,20H,3,6,9,12-15H2/t20-/m0/s1. The first-order valence-corrected chi connectivity index (χ1v) is 10.7. The molecule has 1 atom stereocenters. The zero-order valence-corrected chi connectivity index (χ0v) is 17.2. The second kappa shape index (κ2) is 8.29. The molecule has 158 valence electrons. The Morgan fingerprint density at radius 1 is 1.00 bits per heavy atom. The maximum absolute atomic E-state index is 13.0. The Balaban J connectivity index is 1.25. The third kappa shape index (κ3) is 3.93. The van der Waals surface area contributed by atoms with Gasteiger partial charge in [-0.05, 0) is 42.5 Å². The molecule has 8 nitrogen and oxygen atoms in total. The van der Waals surface area contributed by atoms with Gasteiger partial charge in [-0.15, -0.1) is 5.10 Å². The minimum Gasteiger partial charge on any atom is -0.334 e. The predicted octanol–water partition coefficient (Wildman–Crippen LogP) is 2.18. The van der Waals surface area contributed by atoms with Crippen molar-refractivity contribution in [2.45, 2.75) is 38.4 Å². The number of carbonyl (C=O) groups excluding carboxylic acids is 2. The van der Waals surface area contributed by atoms with Crippen molar-refractivity contribution >= 4 is 11.8 Å². The van der Waals surface area contributed by atoms with Gasteiger partial charge in [0, 0.05) is 37.6 Å². The number of pyridine rings is 1. The molecule has 0 radical (unpaired) electrons. The van der Waals surface area contributed by atoms with Gasteiger partial charge >= 0.3 is 0 Å². The fourth-order valence-electron chi connectivity index (χ4n) is 4.49. The van der Waals surface area contributed by atoms with Crippen molar-refractivity contribution in [1.29, 1.82) is 0 Å². The van der Waals surface area contributed by atoms with Crippen LogP contribution < -0.4 is 0 Å². The summed E-state index contributed by atoms with van der Waals surface area (Å²) in [5, 5.41) is 8.31. The Morgan fingerprint density at radius 3 is 2.65 bits per heavy atom. The Kier molecular flexibility index (Phi) is 5.19. The van der Waals surface area contributed by atoms with Crippen LogP contribution in [0.25, 0.3) is 0 Å². The monoisotopic (exact) mass is 416 g/mol. The molecule has 2 aliphatic rings. The van der Waals surface area contributed by atoms with E-state index in [4.69, 9.17) is 0 Å². The van der Waals surface area contributed by atoms with Crippen molar-refractivity contribution in [1.82, 2.24) is 29.8 Å². The molecule has 5 rings (SSSR count). The molecule has 0 unspecified atom stereocenters. The minimum atomic E-state index is -0.100. The molecule has 0 spiro atoms. The SMILES string of the molecule is O=C(c1cn(C[C@@H]2CCCN2C(=O)c2ccncc2)nn1)N1CCc2ccccc2C1. The maximum Gasteiger partial charge on any atom is 0.276 e. The second-order valence-electron chi connectivity index (χ2n) is 8.10. The summed E-state index contributed by atoms with van der Waals surface area (Å²) in [6.45, 7) is 2.53. The van der Waals surface area contributed by atoms with Gasteiger partial charge in [-0.1, -0.05) is 29.5 Å². The van der Waals surface area contributed by atoms with Gasteiger partial charge < -0.3 is 9.80 Å². The fraction of sp³-hybridized carbons (Fsp3) is 0.348. The molecule has 31 heavy (non-hydrogen) atoms. The number of rotatable bonds is 4. The summed E-state index contributed by atoms with van der Waals surface area (Å²) >= 11 is 0. The molecule has 0 aliphatic carbocycles. The lowest BCUT2D eigenvalue weighted by Crippen LogP contribution is -2.38. The Bertz CT molecular complexity index is 1100. The molecular weight excluding hydrogens is 392 g/mol. The van der Waals surface area contributed by atoms with Gasteiger partial charge in [-0.3, -0.25) is 14.6 Å². The molecule has 0 N–H and O–H groups in total. The summed E-state index contributed by atoms with van der Waals surface area (Å²) in [6.07, 6.45) is 7.68. The third-order valence-electron chi connectivity index (χ3n) is 6.14. The average molecular weight is 416 g/mol. The van der Waals surface area contributed by atoms with Crippen LogP contribution in [-0.4, -0.2) is 60.7 Å². The van der Waals surface area contributed by atoms with Gasteiger partial charge in [0.15, 0.2) is 5.69 Å². The van der Waals surface area contributed by atoms with E-state index < -0.39 is 0 Å². The van der Waals surface area contributed by atoms with E-state index >= 15 is 0 Å². The van der Waals surface area contributed by atoms with Crippen LogP contribution in [0.5, 0.6) is 0 Å². The molecule has 1 fully saturated rings. The van der Waals surface area contributed by atoms with Gasteiger partial charge in [0.2, 0.25) is 0 Å². The van der Waals surface area contributed by atoms with Crippen LogP contribution in [0.15, 0.2) is 55.0 Å². The number of aromatic nitrogens is 4. The number of amides is 2. The van der Waals surface area contributed by atoms with E-state index in [2.05, 4.69) is 27.4 Å². The van der Waals surface area contributed by atoms with Crippen molar-refractivity contribution in [3.63, 3.8) is 0 Å². The molecule has 2 amide bonds. The van der Waals surface area contributed by atoms with Crippen LogP contribution in [-0.2, 0) is 19.5 Å². The molecular formula is C23H24N6O2. The summed E-state index contributed by atoms with van der Waals surface area (Å²) in [7, 11) is 0. The van der Waals surface area contributed by atoms with E-state index in [9.17, 15) is 9.59 Å². The number of fused-ring (bicyclic) bond motifs is 1. The van der Waals surface area contributed by atoms with Crippen LogP contribution in [0.3, 0.4) is 0 Å². The molecule has 1 aromatic carbocycles. The van der Waals surface area contributed by atoms with Crippen LogP contribution in [0.1, 0.15) is 44.8 Å². The Hall–Kier alpha value is -3.55. The highest BCUT2D eigenvalue weighted by atomic mass is 16.2. The fourth-order valence-corrected chi connectivity index (χ4v) is 4.49. The first kappa shape index (κ1) is 19.4. The topological polar surface area (TPSA) is 84.2 Å². The maximum atomic E-state index is 13.0. The van der Waals surface area contributed by atoms with E-state index in [1.54, 1.807) is 35.4 Å². The van der Waals surface area contributed by atoms with Crippen molar-refractivity contribution in [3.8, 4) is 0 Å². The molecule has 2 aromatic heterocycles. The lowest BCUT2D eigenvalue weighted by molar-refractivity contribution is 0.0714. The van der Waals surface area contributed by atoms with E-state index in [-0.39, 0.29) is 17.9 Å². The quantitative estimate of drug-likeness (QED) is 0.651. The zero-order valence-electron chi connectivity index (χ0n) is 17.2. The highest BCUT2D eigenvalue weighted by Gasteiger charge is 2.30. The van der Waals surface area contributed by atoms with Crippen molar-refractivity contribution < 1.29 is 9.59 Å². The lowest BCUT2D eigenvalue weighted by Gasteiger charge is -2.28. The number of likely N-dealkylation sites (tertiary alicyclic amines) is 1. The minimum absolute atomic E-state index is 0.00768. The van der Waals surface area contributed by atoms with Crippen molar-refractivity contribution in [2.75, 3.05) is 13.1 Å². The highest BCUT2D eigenvalue weighted by Crippen LogP contribution is 2.22. The average Bonchev–Trinajstić information content (AvgIpc) is 3.48. The predicted molar refractivity (Wildman–Crippen MR) is 113 cm³/mol. The molecule has 0 bridgehead atoms. The number of hydrogen-bond acceptors (Lipinski definition) is 5. The number of carbonyl (C=O) groups is 2. The van der Waals surface area contributed by atoms with Gasteiger partial charge in [0.25, 0.3) is 11.8 Å². The van der Waals surface area contributed by atoms with E-state index in [1.165, 1.54) is 11.1 Å². The molecule has 1 saturated heterocycles. The number of benzene rings is 1. The first-order chi connectivity index (χ1) is 15.2. The van der Waals surface area contributed by atoms with Crippen LogP contribution in [0, 0.1) is 0 Å². The van der Waals surface area contributed by atoms with E-state index in [1.807, 2.05) is 21.9 Å². The summed E-state index contributed by atoms with van der Waals surface area (Å²) in [5.74, 6) is -0.0924. The van der Waals surface area contributed by atoms with E-state index in [0.717, 1.165) is 25.8 Å². The zero-order chi connectivity index (χ0) is 21.2. The molecule has 0 saturated carbocycles. The summed E-state index contributed by atoms with van der Waals surface area (Å²) < 4.78 is 1.69. The Morgan fingerprint density at radius 2 is 1.81 bits per heavy atom. The highest BCUT2D eigenvalue weighted by molar-refractivity contribution is 5.94. The second-order valence-corrected chi connectivity index (χ2v) is 8.10. The third-order valence-corrected chi connectivity index (χ3v) is 6.14. The van der Waals surface area contributed by atoms with E-state index in [0.29, 0.717) is 30.9 Å². The smallest absolute Gasteiger partial charge is 0.276 e.